The topological polar surface area (TPSA) is 92.6 Å². The molecular formula is C13H9BrN4O. The molecule has 0 atom stereocenters. The van der Waals surface area contributed by atoms with Crippen molar-refractivity contribution in [3.63, 3.8) is 0 Å². The van der Waals surface area contributed by atoms with Gasteiger partial charge < -0.3 is 10.1 Å². The Morgan fingerprint density at radius 1 is 1.21 bits per heavy atom. The predicted octanol–water partition coefficient (Wildman–Crippen LogP) is 3.00. The third-order valence-electron chi connectivity index (χ3n) is 2.25. The molecule has 1 rings (SSSR count). The molecule has 0 unspecified atom stereocenters. The van der Waals surface area contributed by atoms with E-state index in [1.807, 2.05) is 13.0 Å². The second-order valence-electron chi connectivity index (χ2n) is 3.53. The summed E-state index contributed by atoms with van der Waals surface area (Å²) in [5, 5.41) is 29.3. The quantitative estimate of drug-likeness (QED) is 0.865. The van der Waals surface area contributed by atoms with Crippen LogP contribution in [0.4, 0.5) is 5.69 Å². The highest BCUT2D eigenvalue weighted by Gasteiger charge is 2.13. The van der Waals surface area contributed by atoms with Gasteiger partial charge in [-0.05, 0) is 40.5 Å². The van der Waals surface area contributed by atoms with Gasteiger partial charge in [-0.25, -0.2) is 0 Å². The molecule has 0 fully saturated rings. The van der Waals surface area contributed by atoms with Gasteiger partial charge in [0.15, 0.2) is 5.57 Å². The van der Waals surface area contributed by atoms with E-state index in [2.05, 4.69) is 21.2 Å². The third kappa shape index (κ3) is 3.25. The summed E-state index contributed by atoms with van der Waals surface area (Å²) < 4.78 is 5.88. The smallest absolute Gasteiger partial charge is 0.163 e. The minimum Gasteiger partial charge on any atom is -0.495 e. The number of aryl methyl sites for hydroxylation is 1. The monoisotopic (exact) mass is 316 g/mol. The predicted molar refractivity (Wildman–Crippen MR) is 72.9 cm³/mol. The van der Waals surface area contributed by atoms with Crippen LogP contribution in [0.3, 0.4) is 0 Å². The number of rotatable bonds is 3. The second kappa shape index (κ2) is 6.44. The van der Waals surface area contributed by atoms with Crippen LogP contribution in [0.5, 0.6) is 5.75 Å². The van der Waals surface area contributed by atoms with Crippen LogP contribution in [0, 0.1) is 40.9 Å². The lowest BCUT2D eigenvalue weighted by Crippen LogP contribution is -2.03. The average molecular weight is 317 g/mol. The molecule has 19 heavy (non-hydrogen) atoms. The summed E-state index contributed by atoms with van der Waals surface area (Å²) in [6.07, 6.45) is 0. The highest BCUT2D eigenvalue weighted by Crippen LogP contribution is 2.35. The molecule has 0 saturated carbocycles. The van der Waals surface area contributed by atoms with E-state index in [1.54, 1.807) is 24.3 Å². The van der Waals surface area contributed by atoms with Crippen LogP contribution >= 0.6 is 15.9 Å². The molecular weight excluding hydrogens is 308 g/mol. The molecule has 0 saturated heterocycles. The van der Waals surface area contributed by atoms with Gasteiger partial charge in [0.2, 0.25) is 0 Å². The van der Waals surface area contributed by atoms with Crippen LogP contribution in [0.25, 0.3) is 0 Å². The van der Waals surface area contributed by atoms with Crippen LogP contribution in [-0.4, -0.2) is 7.11 Å². The normalized spacial score (nSPS) is 8.63. The number of nitrogens with one attached hydrogen (secondary N) is 1. The SMILES string of the molecule is COc1cc(C)cc(Br)c1NC(C#N)=C(C#N)C#N. The number of nitrogens with zero attached hydrogens (tertiary/aromatic N) is 3. The molecule has 0 aliphatic heterocycles. The molecule has 94 valence electrons. The fraction of sp³-hybridized carbons (Fsp3) is 0.154. The highest BCUT2D eigenvalue weighted by molar-refractivity contribution is 9.10. The van der Waals surface area contributed by atoms with E-state index < -0.39 is 0 Å². The number of nitriles is 3. The van der Waals surface area contributed by atoms with Crippen LogP contribution in [0.1, 0.15) is 5.56 Å². The van der Waals surface area contributed by atoms with E-state index in [0.717, 1.165) is 5.56 Å². The number of methoxy groups -OCH3 is 1. The molecule has 0 bridgehead atoms. The Kier molecular flexibility index (Phi) is 4.94. The summed E-state index contributed by atoms with van der Waals surface area (Å²) in [5.74, 6) is 0.509. The van der Waals surface area contributed by atoms with Crippen LogP contribution in [0.15, 0.2) is 27.9 Å². The molecule has 0 aliphatic carbocycles. The van der Waals surface area contributed by atoms with Gasteiger partial charge in [-0.2, -0.15) is 15.8 Å². The molecule has 1 N–H and O–H groups in total. The van der Waals surface area contributed by atoms with Crippen molar-refractivity contribution in [1.82, 2.24) is 0 Å². The molecule has 0 heterocycles. The van der Waals surface area contributed by atoms with Gasteiger partial charge in [0, 0.05) is 4.47 Å². The minimum absolute atomic E-state index is 0.118. The van der Waals surface area contributed by atoms with Gasteiger partial charge in [0.1, 0.15) is 29.7 Å². The molecule has 1 aromatic rings. The van der Waals surface area contributed by atoms with Gasteiger partial charge >= 0.3 is 0 Å². The van der Waals surface area contributed by atoms with Crippen molar-refractivity contribution in [3.05, 3.63) is 33.4 Å². The van der Waals surface area contributed by atoms with Crippen LogP contribution in [0.2, 0.25) is 0 Å². The summed E-state index contributed by atoms with van der Waals surface area (Å²) >= 11 is 3.35. The van der Waals surface area contributed by atoms with Crippen molar-refractivity contribution in [2.75, 3.05) is 12.4 Å². The van der Waals surface area contributed by atoms with Crippen LogP contribution in [-0.2, 0) is 0 Å². The van der Waals surface area contributed by atoms with Crippen molar-refractivity contribution in [1.29, 1.82) is 15.8 Å². The molecule has 0 radical (unpaired) electrons. The van der Waals surface area contributed by atoms with E-state index in [4.69, 9.17) is 20.5 Å². The first kappa shape index (κ1) is 14.6. The van der Waals surface area contributed by atoms with E-state index in [1.165, 1.54) is 7.11 Å². The molecule has 6 heteroatoms. The lowest BCUT2D eigenvalue weighted by atomic mass is 10.2. The molecule has 1 aromatic carbocycles. The highest BCUT2D eigenvalue weighted by atomic mass is 79.9. The Balaban J connectivity index is 3.36. The fourth-order valence-corrected chi connectivity index (χ4v) is 2.06. The summed E-state index contributed by atoms with van der Waals surface area (Å²) in [5.41, 5.74) is 1.06. The molecule has 0 aromatic heterocycles. The Hall–Kier alpha value is -2.49. The van der Waals surface area contributed by atoms with Gasteiger partial charge in [0.05, 0.1) is 12.8 Å². The fourth-order valence-electron chi connectivity index (χ4n) is 1.40. The summed E-state index contributed by atoms with van der Waals surface area (Å²) in [6.45, 7) is 1.90. The zero-order chi connectivity index (χ0) is 14.4. The molecule has 5 nitrogen and oxygen atoms in total. The Morgan fingerprint density at radius 2 is 1.84 bits per heavy atom. The van der Waals surface area contributed by atoms with E-state index in [-0.39, 0.29) is 11.3 Å². The zero-order valence-corrected chi connectivity index (χ0v) is 11.9. The molecule has 0 aliphatic rings. The van der Waals surface area contributed by atoms with Gasteiger partial charge in [-0.3, -0.25) is 0 Å². The number of ether oxygens (including phenoxy) is 1. The van der Waals surface area contributed by atoms with E-state index in [0.29, 0.717) is 15.9 Å². The summed E-state index contributed by atoms with van der Waals surface area (Å²) in [6, 6.07) is 8.74. The number of anilines is 1. The maximum atomic E-state index is 9.00. The number of hydrogen-bond acceptors (Lipinski definition) is 5. The average Bonchev–Trinajstić information content (AvgIpc) is 2.40. The lowest BCUT2D eigenvalue weighted by molar-refractivity contribution is 0.416. The lowest BCUT2D eigenvalue weighted by Gasteiger charge is -2.13. The second-order valence-corrected chi connectivity index (χ2v) is 4.39. The third-order valence-corrected chi connectivity index (χ3v) is 2.88. The summed E-state index contributed by atoms with van der Waals surface area (Å²) in [4.78, 5) is 0. The maximum absolute atomic E-state index is 9.00. The maximum Gasteiger partial charge on any atom is 0.163 e. The van der Waals surface area contributed by atoms with Crippen molar-refractivity contribution < 1.29 is 4.74 Å². The van der Waals surface area contributed by atoms with Crippen molar-refractivity contribution in [2.45, 2.75) is 6.92 Å². The number of halogens is 1. The van der Waals surface area contributed by atoms with Gasteiger partial charge in [-0.15, -0.1) is 0 Å². The first-order chi connectivity index (χ1) is 9.07. The number of allylic oxidation sites excluding steroid dienone is 2. The molecule has 0 spiro atoms. The van der Waals surface area contributed by atoms with Gasteiger partial charge in [0.25, 0.3) is 0 Å². The first-order valence-electron chi connectivity index (χ1n) is 5.13. The van der Waals surface area contributed by atoms with Crippen molar-refractivity contribution in [2.24, 2.45) is 0 Å². The zero-order valence-electron chi connectivity index (χ0n) is 10.3. The standard InChI is InChI=1S/C13H9BrN4O/c1-8-3-10(14)13(12(4-8)19-2)18-11(7-17)9(5-15)6-16/h3-4,18H,1-2H3. The summed E-state index contributed by atoms with van der Waals surface area (Å²) in [7, 11) is 1.50. The van der Waals surface area contributed by atoms with Crippen molar-refractivity contribution >= 4 is 21.6 Å². The van der Waals surface area contributed by atoms with Crippen LogP contribution < -0.4 is 10.1 Å². The van der Waals surface area contributed by atoms with Gasteiger partial charge in [-0.1, -0.05) is 0 Å². The first-order valence-corrected chi connectivity index (χ1v) is 5.92. The number of hydrogen-bond donors (Lipinski definition) is 1. The Morgan fingerprint density at radius 3 is 2.32 bits per heavy atom. The Bertz CT molecular complexity index is 643. The van der Waals surface area contributed by atoms with Crippen molar-refractivity contribution in [3.8, 4) is 24.0 Å². The minimum atomic E-state index is -0.281. The Labute approximate surface area is 119 Å². The number of benzene rings is 1. The molecule has 0 amide bonds. The van der Waals surface area contributed by atoms with E-state index >= 15 is 0 Å². The van der Waals surface area contributed by atoms with E-state index in [9.17, 15) is 0 Å². The largest absolute Gasteiger partial charge is 0.495 e.